The Morgan fingerprint density at radius 3 is 2.45 bits per heavy atom. The van der Waals surface area contributed by atoms with Crippen molar-refractivity contribution in [3.8, 4) is 23.0 Å². The summed E-state index contributed by atoms with van der Waals surface area (Å²) in [6.45, 7) is 0.639. The quantitative estimate of drug-likeness (QED) is 0.371. The summed E-state index contributed by atoms with van der Waals surface area (Å²) in [7, 11) is 1.32. The lowest BCUT2D eigenvalue weighted by Gasteiger charge is -2.14. The second-order valence-corrected chi connectivity index (χ2v) is 7.86. The Morgan fingerprint density at radius 2 is 1.77 bits per heavy atom. The highest BCUT2D eigenvalue weighted by Crippen LogP contribution is 2.44. The summed E-state index contributed by atoms with van der Waals surface area (Å²) < 4.78 is 10.1. The second-order valence-electron chi connectivity index (χ2n) is 6.83. The number of esters is 1. The zero-order valence-electron chi connectivity index (χ0n) is 16.9. The van der Waals surface area contributed by atoms with Crippen LogP contribution in [0.4, 0.5) is 4.79 Å². The molecule has 1 heterocycles. The number of ether oxygens (including phenoxy) is 2. The van der Waals surface area contributed by atoms with Crippen molar-refractivity contribution in [1.29, 1.82) is 0 Å². The molecule has 0 aliphatic heterocycles. The molecule has 0 saturated carbocycles. The number of nitrogens with zero attached hydrogens (tertiary/aromatic N) is 1. The summed E-state index contributed by atoms with van der Waals surface area (Å²) in [6, 6.07) is 16.4. The number of hydrogen-bond donors (Lipinski definition) is 1. The Hall–Kier alpha value is -3.63. The van der Waals surface area contributed by atoms with E-state index < -0.39 is 12.1 Å². The van der Waals surface area contributed by atoms with Crippen molar-refractivity contribution in [2.45, 2.75) is 12.3 Å². The molecule has 0 bridgehead atoms. The average molecular weight is 433 g/mol. The van der Waals surface area contributed by atoms with Gasteiger partial charge in [-0.25, -0.2) is 14.6 Å². The van der Waals surface area contributed by atoms with Crippen molar-refractivity contribution in [3.05, 3.63) is 75.7 Å². The molecule has 0 fully saturated rings. The molecule has 4 rings (SSSR count). The molecule has 156 valence electrons. The lowest BCUT2D eigenvalue weighted by Crippen LogP contribution is -2.26. The van der Waals surface area contributed by atoms with E-state index in [-0.39, 0.29) is 12.5 Å². The van der Waals surface area contributed by atoms with E-state index >= 15 is 0 Å². The molecule has 2 aromatic carbocycles. The van der Waals surface area contributed by atoms with Gasteiger partial charge in [0, 0.05) is 18.9 Å². The van der Waals surface area contributed by atoms with E-state index in [1.54, 1.807) is 0 Å². The zero-order chi connectivity index (χ0) is 21.6. The highest BCUT2D eigenvalue weighted by atomic mass is 32.1. The van der Waals surface area contributed by atoms with Crippen molar-refractivity contribution in [3.63, 3.8) is 0 Å². The number of carbonyl (C=O) groups is 2. The van der Waals surface area contributed by atoms with E-state index in [0.717, 1.165) is 0 Å². The first-order chi connectivity index (χ1) is 15.2. The molecule has 3 aromatic rings. The Kier molecular flexibility index (Phi) is 6.29. The molecule has 0 saturated heterocycles. The summed E-state index contributed by atoms with van der Waals surface area (Å²) in [6.07, 6.45) is 1.41. The van der Waals surface area contributed by atoms with Gasteiger partial charge < -0.3 is 14.8 Å². The van der Waals surface area contributed by atoms with E-state index in [1.807, 2.05) is 24.3 Å². The largest absolute Gasteiger partial charge is 0.465 e. The van der Waals surface area contributed by atoms with Crippen LogP contribution in [0.1, 0.15) is 38.1 Å². The van der Waals surface area contributed by atoms with Crippen LogP contribution in [0.15, 0.2) is 54.7 Å². The van der Waals surface area contributed by atoms with Gasteiger partial charge in [-0.1, -0.05) is 65.8 Å². The third-order valence-electron chi connectivity index (χ3n) is 4.95. The average Bonchev–Trinajstić information content (AvgIpc) is 3.40. The lowest BCUT2D eigenvalue weighted by molar-refractivity contribution is 0.0606. The molecule has 0 spiro atoms. The van der Waals surface area contributed by atoms with E-state index in [4.69, 9.17) is 4.74 Å². The van der Waals surface area contributed by atoms with Crippen LogP contribution < -0.4 is 5.32 Å². The Labute approximate surface area is 184 Å². The van der Waals surface area contributed by atoms with Gasteiger partial charge in [-0.05, 0) is 28.2 Å². The van der Waals surface area contributed by atoms with Gasteiger partial charge >= 0.3 is 12.1 Å². The first kappa shape index (κ1) is 20.6. The summed E-state index contributed by atoms with van der Waals surface area (Å²) in [5, 5.41) is 3.25. The molecular weight excluding hydrogens is 412 g/mol. The number of carbonyl (C=O) groups excluding carboxylic acids is 2. The minimum absolute atomic E-state index is 0.0341. The number of thiazole rings is 1. The Balaban J connectivity index is 1.26. The number of alkyl carbamates (subject to hydrolysis) is 1. The molecule has 31 heavy (non-hydrogen) atoms. The molecule has 1 aliphatic carbocycles. The van der Waals surface area contributed by atoms with E-state index in [1.165, 1.54) is 46.9 Å². The van der Waals surface area contributed by atoms with Crippen LogP contribution in [0.2, 0.25) is 0 Å². The first-order valence-electron chi connectivity index (χ1n) is 9.79. The van der Waals surface area contributed by atoms with Crippen LogP contribution >= 0.6 is 11.3 Å². The van der Waals surface area contributed by atoms with Gasteiger partial charge in [-0.3, -0.25) is 0 Å². The molecule has 0 unspecified atom stereocenters. The lowest BCUT2D eigenvalue weighted by atomic mass is 9.98. The number of methoxy groups -OCH3 is 1. The summed E-state index contributed by atoms with van der Waals surface area (Å²) in [4.78, 5) is 28.0. The number of fused-ring (bicyclic) bond motifs is 3. The van der Waals surface area contributed by atoms with Crippen LogP contribution in [0, 0.1) is 11.8 Å². The Bertz CT molecular complexity index is 1130. The maximum atomic E-state index is 12.1. The summed E-state index contributed by atoms with van der Waals surface area (Å²) >= 11 is 1.17. The SMILES string of the molecule is COC(=O)c1cnc(C#CCCNC(=O)OCC2c3ccccc3-c3ccccc32)s1. The van der Waals surface area contributed by atoms with Crippen molar-refractivity contribution in [1.82, 2.24) is 10.3 Å². The number of aromatic nitrogens is 1. The molecule has 6 nitrogen and oxygen atoms in total. The minimum Gasteiger partial charge on any atom is -0.465 e. The molecule has 1 N–H and O–H groups in total. The number of amides is 1. The van der Waals surface area contributed by atoms with Crippen molar-refractivity contribution in [2.75, 3.05) is 20.3 Å². The predicted molar refractivity (Wildman–Crippen MR) is 118 cm³/mol. The molecule has 7 heteroatoms. The molecule has 1 aromatic heterocycles. The van der Waals surface area contributed by atoms with Gasteiger partial charge in [-0.2, -0.15) is 0 Å². The van der Waals surface area contributed by atoms with Gasteiger partial charge in [0.25, 0.3) is 0 Å². The van der Waals surface area contributed by atoms with Gasteiger partial charge in [0.15, 0.2) is 5.01 Å². The topological polar surface area (TPSA) is 77.5 Å². The molecular formula is C24H20N2O4S. The maximum Gasteiger partial charge on any atom is 0.407 e. The van der Waals surface area contributed by atoms with Crippen molar-refractivity contribution in [2.24, 2.45) is 0 Å². The van der Waals surface area contributed by atoms with E-state index in [0.29, 0.717) is 22.9 Å². The van der Waals surface area contributed by atoms with Crippen LogP contribution in [-0.4, -0.2) is 37.3 Å². The van der Waals surface area contributed by atoms with Crippen LogP contribution in [0.3, 0.4) is 0 Å². The van der Waals surface area contributed by atoms with Gasteiger partial charge in [0.1, 0.15) is 11.5 Å². The van der Waals surface area contributed by atoms with Crippen molar-refractivity contribution < 1.29 is 19.1 Å². The highest BCUT2D eigenvalue weighted by Gasteiger charge is 2.28. The molecule has 1 aliphatic rings. The fraction of sp³-hybridized carbons (Fsp3) is 0.208. The van der Waals surface area contributed by atoms with Crippen LogP contribution in [0.25, 0.3) is 11.1 Å². The van der Waals surface area contributed by atoms with Crippen LogP contribution in [0.5, 0.6) is 0 Å². The Morgan fingerprint density at radius 1 is 1.10 bits per heavy atom. The first-order valence-corrected chi connectivity index (χ1v) is 10.6. The molecule has 1 amide bonds. The zero-order valence-corrected chi connectivity index (χ0v) is 17.7. The van der Waals surface area contributed by atoms with Gasteiger partial charge in [0.05, 0.1) is 13.3 Å². The standard InChI is InChI=1S/C24H20N2O4S/c1-29-23(27)21-14-26-22(31-21)12-6-7-13-25-24(28)30-15-20-18-10-4-2-8-16(18)17-9-3-5-11-19(17)20/h2-5,8-11,14,20H,7,13,15H2,1H3,(H,25,28). The second kappa shape index (κ2) is 9.45. The number of hydrogen-bond acceptors (Lipinski definition) is 6. The normalized spacial score (nSPS) is 11.6. The third-order valence-corrected chi connectivity index (χ3v) is 5.84. The molecule has 0 atom stereocenters. The maximum absolute atomic E-state index is 12.1. The van der Waals surface area contributed by atoms with E-state index in [2.05, 4.69) is 51.1 Å². The third kappa shape index (κ3) is 4.60. The van der Waals surface area contributed by atoms with Gasteiger partial charge in [-0.15, -0.1) is 0 Å². The molecule has 0 radical (unpaired) electrons. The minimum atomic E-state index is -0.467. The van der Waals surface area contributed by atoms with Gasteiger partial charge in [0.2, 0.25) is 0 Å². The van der Waals surface area contributed by atoms with E-state index in [9.17, 15) is 9.59 Å². The smallest absolute Gasteiger partial charge is 0.407 e. The monoisotopic (exact) mass is 432 g/mol. The van der Waals surface area contributed by atoms with Crippen molar-refractivity contribution >= 4 is 23.4 Å². The fourth-order valence-corrected chi connectivity index (χ4v) is 4.25. The summed E-state index contributed by atoms with van der Waals surface area (Å²) in [5.41, 5.74) is 4.74. The number of benzene rings is 2. The summed E-state index contributed by atoms with van der Waals surface area (Å²) in [5.74, 6) is 5.41. The number of rotatable bonds is 5. The predicted octanol–water partition coefficient (Wildman–Crippen LogP) is 4.21. The van der Waals surface area contributed by atoms with Crippen LogP contribution in [-0.2, 0) is 9.47 Å². The fourth-order valence-electron chi connectivity index (χ4n) is 3.54. The highest BCUT2D eigenvalue weighted by molar-refractivity contribution is 7.14. The number of nitrogens with one attached hydrogen (secondary N) is 1.